The van der Waals surface area contributed by atoms with Crippen molar-refractivity contribution in [2.75, 3.05) is 0 Å². The van der Waals surface area contributed by atoms with Crippen LogP contribution in [-0.2, 0) is 4.79 Å². The zero-order valence-electron chi connectivity index (χ0n) is 16.0. The fourth-order valence-corrected chi connectivity index (χ4v) is 2.19. The van der Waals surface area contributed by atoms with Gasteiger partial charge in [-0.2, -0.15) is 0 Å². The Morgan fingerprint density at radius 1 is 0.808 bits per heavy atom. The lowest BCUT2D eigenvalue weighted by atomic mass is 10.2. The van der Waals surface area contributed by atoms with Gasteiger partial charge in [-0.1, -0.05) is 68.4 Å². The van der Waals surface area contributed by atoms with Crippen LogP contribution in [0.25, 0.3) is 0 Å². The molecule has 26 heavy (non-hydrogen) atoms. The SMILES string of the molecule is CCCCC/C=C\C/C=C\C/C=C(\C/C=C\C/C=C\CCC=O)[N+](=O)[O-]. The summed E-state index contributed by atoms with van der Waals surface area (Å²) in [6.07, 6.45) is 27.3. The molecule has 0 heterocycles. The Balaban J connectivity index is 4.05. The Morgan fingerprint density at radius 2 is 1.42 bits per heavy atom. The molecule has 0 fully saturated rings. The smallest absolute Gasteiger partial charge is 0.246 e. The Labute approximate surface area is 158 Å². The van der Waals surface area contributed by atoms with Gasteiger partial charge in [0, 0.05) is 6.42 Å². The maximum atomic E-state index is 11.1. The Hall–Kier alpha value is -2.23. The number of carbonyl (C=O) groups excluding carboxylic acids is 1. The van der Waals surface area contributed by atoms with E-state index in [0.29, 0.717) is 19.3 Å². The highest BCUT2D eigenvalue weighted by atomic mass is 16.6. The van der Waals surface area contributed by atoms with Gasteiger partial charge in [-0.05, 0) is 44.6 Å². The number of nitrogens with zero attached hydrogens (tertiary/aromatic N) is 1. The van der Waals surface area contributed by atoms with Crippen LogP contribution in [0.5, 0.6) is 0 Å². The number of carbonyl (C=O) groups is 1. The largest absolute Gasteiger partial charge is 0.303 e. The van der Waals surface area contributed by atoms with E-state index in [0.717, 1.165) is 32.0 Å². The van der Waals surface area contributed by atoms with Gasteiger partial charge in [-0.15, -0.1) is 0 Å². The minimum atomic E-state index is -0.314. The predicted octanol–water partition coefficient (Wildman–Crippen LogP) is 6.49. The second-order valence-electron chi connectivity index (χ2n) is 5.99. The summed E-state index contributed by atoms with van der Waals surface area (Å²) in [5.41, 5.74) is 0.228. The van der Waals surface area contributed by atoms with E-state index in [4.69, 9.17) is 0 Å². The summed E-state index contributed by atoms with van der Waals surface area (Å²) in [5, 5.41) is 11.1. The van der Waals surface area contributed by atoms with Crippen molar-refractivity contribution in [3.63, 3.8) is 0 Å². The maximum absolute atomic E-state index is 11.1. The van der Waals surface area contributed by atoms with E-state index in [2.05, 4.69) is 19.1 Å². The number of aldehydes is 1. The van der Waals surface area contributed by atoms with Crippen LogP contribution < -0.4 is 0 Å². The highest BCUT2D eigenvalue weighted by molar-refractivity contribution is 5.49. The first-order valence-electron chi connectivity index (χ1n) is 9.59. The van der Waals surface area contributed by atoms with Gasteiger partial charge in [0.15, 0.2) is 0 Å². The van der Waals surface area contributed by atoms with Crippen molar-refractivity contribution < 1.29 is 9.72 Å². The van der Waals surface area contributed by atoms with E-state index in [1.165, 1.54) is 19.3 Å². The Morgan fingerprint density at radius 3 is 2.08 bits per heavy atom. The lowest BCUT2D eigenvalue weighted by molar-refractivity contribution is -0.427. The molecule has 0 bridgehead atoms. The molecular weight excluding hydrogens is 326 g/mol. The fourth-order valence-electron chi connectivity index (χ4n) is 2.19. The molecule has 0 amide bonds. The van der Waals surface area contributed by atoms with Crippen LogP contribution in [0.2, 0.25) is 0 Å². The van der Waals surface area contributed by atoms with Crippen LogP contribution in [0.4, 0.5) is 0 Å². The number of hydrogen-bond donors (Lipinski definition) is 0. The van der Waals surface area contributed by atoms with Gasteiger partial charge in [-0.3, -0.25) is 10.1 Å². The van der Waals surface area contributed by atoms with Crippen LogP contribution >= 0.6 is 0 Å². The Bertz CT molecular complexity index is 513. The molecule has 0 saturated heterocycles. The number of unbranched alkanes of at least 4 members (excludes halogenated alkanes) is 4. The molecule has 0 aromatic heterocycles. The molecule has 4 heteroatoms. The molecule has 0 aliphatic carbocycles. The molecule has 0 atom stereocenters. The first kappa shape index (κ1) is 23.8. The lowest BCUT2D eigenvalue weighted by Crippen LogP contribution is -1.97. The minimum absolute atomic E-state index is 0.228. The van der Waals surface area contributed by atoms with Crippen molar-refractivity contribution in [2.45, 2.75) is 71.1 Å². The molecule has 0 saturated carbocycles. The summed E-state index contributed by atoms with van der Waals surface area (Å²) in [6, 6.07) is 0. The number of nitro groups is 1. The number of hydrogen-bond acceptors (Lipinski definition) is 3. The molecule has 0 radical (unpaired) electrons. The molecule has 0 spiro atoms. The van der Waals surface area contributed by atoms with Crippen LogP contribution in [-0.4, -0.2) is 11.2 Å². The fraction of sp³-hybridized carbons (Fsp3) is 0.500. The lowest BCUT2D eigenvalue weighted by Gasteiger charge is -1.93. The molecule has 0 aromatic rings. The topological polar surface area (TPSA) is 60.2 Å². The van der Waals surface area contributed by atoms with Gasteiger partial charge in [0.25, 0.3) is 0 Å². The van der Waals surface area contributed by atoms with Crippen LogP contribution in [0.3, 0.4) is 0 Å². The second kappa shape index (κ2) is 19.1. The summed E-state index contributed by atoms with van der Waals surface area (Å²) in [6.45, 7) is 2.20. The minimum Gasteiger partial charge on any atom is -0.303 e. The Kier molecular flexibility index (Phi) is 17.5. The first-order chi connectivity index (χ1) is 12.7. The van der Waals surface area contributed by atoms with E-state index in [-0.39, 0.29) is 10.6 Å². The molecule has 0 rings (SSSR count). The number of allylic oxidation sites excluding steroid dienone is 9. The van der Waals surface area contributed by atoms with Gasteiger partial charge >= 0.3 is 0 Å². The third kappa shape index (κ3) is 16.6. The van der Waals surface area contributed by atoms with E-state index in [1.54, 1.807) is 6.08 Å². The average Bonchev–Trinajstić information content (AvgIpc) is 2.63. The van der Waals surface area contributed by atoms with Crippen molar-refractivity contribution in [3.8, 4) is 0 Å². The zero-order chi connectivity index (χ0) is 19.3. The molecule has 0 N–H and O–H groups in total. The third-order valence-corrected chi connectivity index (χ3v) is 3.69. The molecule has 0 aromatic carbocycles. The van der Waals surface area contributed by atoms with E-state index >= 15 is 0 Å². The molecule has 0 aliphatic rings. The van der Waals surface area contributed by atoms with Crippen molar-refractivity contribution in [3.05, 3.63) is 70.5 Å². The molecule has 144 valence electrons. The van der Waals surface area contributed by atoms with Crippen molar-refractivity contribution in [1.29, 1.82) is 0 Å². The summed E-state index contributed by atoms with van der Waals surface area (Å²) >= 11 is 0. The van der Waals surface area contributed by atoms with Crippen LogP contribution in [0.1, 0.15) is 71.1 Å². The van der Waals surface area contributed by atoms with E-state index in [9.17, 15) is 14.9 Å². The standard InChI is InChI=1S/C22H33NO3/c1-2-3-4-5-6-7-8-10-13-16-19-22(23(25)26)20-17-14-11-9-12-15-18-21-24/h6-7,9-10,12-14,17,19,21H,2-5,8,11,15-16,18,20H2,1H3/b7-6-,12-9-,13-10-,17-14-,22-19+. The van der Waals surface area contributed by atoms with Gasteiger partial charge < -0.3 is 4.79 Å². The highest BCUT2D eigenvalue weighted by Crippen LogP contribution is 2.07. The van der Waals surface area contributed by atoms with Crippen LogP contribution in [0, 0.1) is 10.1 Å². The van der Waals surface area contributed by atoms with Crippen molar-refractivity contribution in [1.82, 2.24) is 0 Å². The summed E-state index contributed by atoms with van der Waals surface area (Å²) in [7, 11) is 0. The normalized spacial score (nSPS) is 12.9. The quantitative estimate of drug-likeness (QED) is 0.104. The second-order valence-corrected chi connectivity index (χ2v) is 5.99. The maximum Gasteiger partial charge on any atom is 0.246 e. The molecular formula is C22H33NO3. The third-order valence-electron chi connectivity index (χ3n) is 3.69. The summed E-state index contributed by atoms with van der Waals surface area (Å²) < 4.78 is 0. The summed E-state index contributed by atoms with van der Waals surface area (Å²) in [4.78, 5) is 20.9. The van der Waals surface area contributed by atoms with Crippen molar-refractivity contribution >= 4 is 6.29 Å². The first-order valence-corrected chi connectivity index (χ1v) is 9.59. The zero-order valence-corrected chi connectivity index (χ0v) is 16.0. The molecule has 4 nitrogen and oxygen atoms in total. The van der Waals surface area contributed by atoms with E-state index in [1.807, 2.05) is 36.5 Å². The van der Waals surface area contributed by atoms with Crippen molar-refractivity contribution in [2.24, 2.45) is 0 Å². The molecule has 0 unspecified atom stereocenters. The predicted molar refractivity (Wildman–Crippen MR) is 110 cm³/mol. The van der Waals surface area contributed by atoms with Gasteiger partial charge in [0.2, 0.25) is 5.70 Å². The van der Waals surface area contributed by atoms with Gasteiger partial charge in [-0.25, -0.2) is 0 Å². The molecule has 0 aliphatic heterocycles. The van der Waals surface area contributed by atoms with Crippen LogP contribution in [0.15, 0.2) is 60.4 Å². The van der Waals surface area contributed by atoms with E-state index < -0.39 is 0 Å². The summed E-state index contributed by atoms with van der Waals surface area (Å²) in [5.74, 6) is 0. The van der Waals surface area contributed by atoms with Gasteiger partial charge in [0.05, 0.1) is 11.3 Å². The van der Waals surface area contributed by atoms with Gasteiger partial charge in [0.1, 0.15) is 6.29 Å². The highest BCUT2D eigenvalue weighted by Gasteiger charge is 2.06. The monoisotopic (exact) mass is 359 g/mol. The number of rotatable bonds is 16. The average molecular weight is 360 g/mol.